The molecular formula is C15H24N2O. The Bertz CT molecular complexity index is 363. The number of pyridine rings is 1. The molecule has 0 aliphatic heterocycles. The molecule has 0 spiro atoms. The number of unbranched alkanes of at least 4 members (excludes halogenated alkanes) is 5. The maximum Gasteiger partial charge on any atom is 0.225 e. The van der Waals surface area contributed by atoms with Gasteiger partial charge in [0.15, 0.2) is 0 Å². The first-order chi connectivity index (χ1) is 8.74. The summed E-state index contributed by atoms with van der Waals surface area (Å²) in [4.78, 5) is 15.9. The number of aryl methyl sites for hydroxylation is 1. The Morgan fingerprint density at radius 3 is 2.67 bits per heavy atom. The molecule has 0 unspecified atom stereocenters. The second kappa shape index (κ2) is 8.67. The SMILES string of the molecule is CCCCCCCCC(=O)Nc1ncccc1C. The van der Waals surface area contributed by atoms with Crippen LogP contribution in [-0.2, 0) is 4.79 Å². The van der Waals surface area contributed by atoms with Crippen molar-refractivity contribution in [1.82, 2.24) is 4.98 Å². The molecule has 1 N–H and O–H groups in total. The number of anilines is 1. The molecule has 18 heavy (non-hydrogen) atoms. The minimum absolute atomic E-state index is 0.0762. The summed E-state index contributed by atoms with van der Waals surface area (Å²) < 4.78 is 0. The van der Waals surface area contributed by atoms with Crippen molar-refractivity contribution in [2.24, 2.45) is 0 Å². The lowest BCUT2D eigenvalue weighted by atomic mass is 10.1. The first kappa shape index (κ1) is 14.7. The molecule has 1 heterocycles. The largest absolute Gasteiger partial charge is 0.310 e. The van der Waals surface area contributed by atoms with Gasteiger partial charge < -0.3 is 5.32 Å². The summed E-state index contributed by atoms with van der Waals surface area (Å²) in [6, 6.07) is 3.83. The summed E-state index contributed by atoms with van der Waals surface area (Å²) >= 11 is 0. The van der Waals surface area contributed by atoms with Gasteiger partial charge in [-0.25, -0.2) is 4.98 Å². The van der Waals surface area contributed by atoms with Crippen molar-refractivity contribution in [2.45, 2.75) is 58.8 Å². The van der Waals surface area contributed by atoms with Gasteiger partial charge in [0.05, 0.1) is 0 Å². The molecule has 0 fully saturated rings. The lowest BCUT2D eigenvalue weighted by Crippen LogP contribution is -2.13. The fraction of sp³-hybridized carbons (Fsp3) is 0.600. The number of nitrogens with zero attached hydrogens (tertiary/aromatic N) is 1. The van der Waals surface area contributed by atoms with Crippen molar-refractivity contribution in [2.75, 3.05) is 5.32 Å². The minimum Gasteiger partial charge on any atom is -0.310 e. The quantitative estimate of drug-likeness (QED) is 0.704. The van der Waals surface area contributed by atoms with Crippen LogP contribution >= 0.6 is 0 Å². The van der Waals surface area contributed by atoms with Crippen molar-refractivity contribution in [3.8, 4) is 0 Å². The molecule has 1 aromatic rings. The van der Waals surface area contributed by atoms with Crippen LogP contribution in [0.3, 0.4) is 0 Å². The van der Waals surface area contributed by atoms with E-state index < -0.39 is 0 Å². The standard InChI is InChI=1S/C15H24N2O/c1-3-4-5-6-7-8-11-14(18)17-15-13(2)10-9-12-16-15/h9-10,12H,3-8,11H2,1-2H3,(H,16,17,18). The van der Waals surface area contributed by atoms with E-state index in [0.717, 1.165) is 18.4 Å². The monoisotopic (exact) mass is 248 g/mol. The zero-order chi connectivity index (χ0) is 13.2. The van der Waals surface area contributed by atoms with Gasteiger partial charge in [0.2, 0.25) is 5.91 Å². The van der Waals surface area contributed by atoms with Gasteiger partial charge >= 0.3 is 0 Å². The number of carbonyl (C=O) groups is 1. The first-order valence-electron chi connectivity index (χ1n) is 6.95. The Labute approximate surface area is 110 Å². The van der Waals surface area contributed by atoms with Crippen LogP contribution in [0.5, 0.6) is 0 Å². The summed E-state index contributed by atoms with van der Waals surface area (Å²) in [6.07, 6.45) is 9.52. The maximum absolute atomic E-state index is 11.7. The molecule has 0 aliphatic rings. The number of carbonyl (C=O) groups excluding carboxylic acids is 1. The van der Waals surface area contributed by atoms with Crippen molar-refractivity contribution in [3.63, 3.8) is 0 Å². The number of aromatic nitrogens is 1. The van der Waals surface area contributed by atoms with Crippen molar-refractivity contribution >= 4 is 11.7 Å². The minimum atomic E-state index is 0.0762. The Hall–Kier alpha value is -1.38. The second-order valence-electron chi connectivity index (χ2n) is 4.73. The molecule has 0 atom stereocenters. The highest BCUT2D eigenvalue weighted by molar-refractivity contribution is 5.90. The molecule has 1 amide bonds. The number of hydrogen-bond acceptors (Lipinski definition) is 2. The van der Waals surface area contributed by atoms with Gasteiger partial charge in [-0.15, -0.1) is 0 Å². The van der Waals surface area contributed by atoms with Crippen molar-refractivity contribution < 1.29 is 4.79 Å². The van der Waals surface area contributed by atoms with E-state index in [4.69, 9.17) is 0 Å². The average Bonchev–Trinajstić information content (AvgIpc) is 2.36. The fourth-order valence-corrected chi connectivity index (χ4v) is 1.88. The lowest BCUT2D eigenvalue weighted by molar-refractivity contribution is -0.116. The predicted molar refractivity (Wildman–Crippen MR) is 75.6 cm³/mol. The van der Waals surface area contributed by atoms with E-state index in [9.17, 15) is 4.79 Å². The Kier molecular flexibility index (Phi) is 7.07. The van der Waals surface area contributed by atoms with Gasteiger partial charge in [-0.05, 0) is 25.0 Å². The van der Waals surface area contributed by atoms with E-state index in [2.05, 4.69) is 17.2 Å². The first-order valence-corrected chi connectivity index (χ1v) is 6.95. The van der Waals surface area contributed by atoms with Crippen LogP contribution in [0.4, 0.5) is 5.82 Å². The van der Waals surface area contributed by atoms with E-state index in [1.807, 2.05) is 19.1 Å². The van der Waals surface area contributed by atoms with E-state index in [-0.39, 0.29) is 5.91 Å². The van der Waals surface area contributed by atoms with Gasteiger partial charge in [-0.1, -0.05) is 45.1 Å². The van der Waals surface area contributed by atoms with E-state index in [1.54, 1.807) is 6.20 Å². The molecular weight excluding hydrogens is 224 g/mol. The van der Waals surface area contributed by atoms with Crippen LogP contribution in [0, 0.1) is 6.92 Å². The third kappa shape index (κ3) is 5.80. The Balaban J connectivity index is 2.16. The molecule has 100 valence electrons. The van der Waals surface area contributed by atoms with E-state index in [1.165, 1.54) is 25.7 Å². The highest BCUT2D eigenvalue weighted by atomic mass is 16.1. The Morgan fingerprint density at radius 2 is 1.94 bits per heavy atom. The van der Waals surface area contributed by atoms with Gasteiger partial charge in [-0.2, -0.15) is 0 Å². The highest BCUT2D eigenvalue weighted by Crippen LogP contribution is 2.11. The third-order valence-corrected chi connectivity index (χ3v) is 3.02. The van der Waals surface area contributed by atoms with Crippen molar-refractivity contribution in [1.29, 1.82) is 0 Å². The fourth-order valence-electron chi connectivity index (χ4n) is 1.88. The molecule has 0 bridgehead atoms. The zero-order valence-electron chi connectivity index (χ0n) is 11.5. The number of hydrogen-bond donors (Lipinski definition) is 1. The summed E-state index contributed by atoms with van der Waals surface area (Å²) in [6.45, 7) is 4.16. The number of amides is 1. The van der Waals surface area contributed by atoms with E-state index in [0.29, 0.717) is 12.2 Å². The van der Waals surface area contributed by atoms with Crippen molar-refractivity contribution in [3.05, 3.63) is 23.9 Å². The van der Waals surface area contributed by atoms with Gasteiger partial charge in [0.25, 0.3) is 0 Å². The summed E-state index contributed by atoms with van der Waals surface area (Å²) in [5.74, 6) is 0.765. The molecule has 1 rings (SSSR count). The van der Waals surface area contributed by atoms with Crippen LogP contribution in [0.15, 0.2) is 18.3 Å². The summed E-state index contributed by atoms with van der Waals surface area (Å²) in [7, 11) is 0. The molecule has 0 saturated carbocycles. The summed E-state index contributed by atoms with van der Waals surface area (Å²) in [5, 5.41) is 2.86. The van der Waals surface area contributed by atoms with Crippen LogP contribution in [0.2, 0.25) is 0 Å². The second-order valence-corrected chi connectivity index (χ2v) is 4.73. The molecule has 0 radical (unpaired) electrons. The predicted octanol–water partition coefficient (Wildman–Crippen LogP) is 4.08. The number of rotatable bonds is 8. The van der Waals surface area contributed by atoms with Crippen LogP contribution in [0.1, 0.15) is 57.4 Å². The zero-order valence-corrected chi connectivity index (χ0v) is 11.5. The molecule has 3 heteroatoms. The normalized spacial score (nSPS) is 10.3. The number of nitrogens with one attached hydrogen (secondary N) is 1. The van der Waals surface area contributed by atoms with Gasteiger partial charge in [0.1, 0.15) is 5.82 Å². The Morgan fingerprint density at radius 1 is 1.22 bits per heavy atom. The van der Waals surface area contributed by atoms with Crippen LogP contribution < -0.4 is 5.32 Å². The van der Waals surface area contributed by atoms with Gasteiger partial charge in [-0.3, -0.25) is 4.79 Å². The van der Waals surface area contributed by atoms with E-state index >= 15 is 0 Å². The average molecular weight is 248 g/mol. The van der Waals surface area contributed by atoms with Crippen LogP contribution in [-0.4, -0.2) is 10.9 Å². The van der Waals surface area contributed by atoms with Gasteiger partial charge in [0, 0.05) is 12.6 Å². The van der Waals surface area contributed by atoms with Crippen LogP contribution in [0.25, 0.3) is 0 Å². The molecule has 0 saturated heterocycles. The maximum atomic E-state index is 11.7. The molecule has 3 nitrogen and oxygen atoms in total. The summed E-state index contributed by atoms with van der Waals surface area (Å²) in [5.41, 5.74) is 1.01. The molecule has 0 aromatic carbocycles. The third-order valence-electron chi connectivity index (χ3n) is 3.02. The lowest BCUT2D eigenvalue weighted by Gasteiger charge is -2.06. The smallest absolute Gasteiger partial charge is 0.225 e. The topological polar surface area (TPSA) is 42.0 Å². The molecule has 0 aliphatic carbocycles. The molecule has 1 aromatic heterocycles. The highest BCUT2D eigenvalue weighted by Gasteiger charge is 2.04.